The van der Waals surface area contributed by atoms with Gasteiger partial charge in [0.25, 0.3) is 0 Å². The van der Waals surface area contributed by atoms with Crippen molar-refractivity contribution < 1.29 is 30.6 Å². The van der Waals surface area contributed by atoms with Crippen molar-refractivity contribution in [1.82, 2.24) is 0 Å². The van der Waals surface area contributed by atoms with Gasteiger partial charge in [-0.2, -0.15) is 21.6 Å². The van der Waals surface area contributed by atoms with E-state index in [4.69, 9.17) is 0 Å². The van der Waals surface area contributed by atoms with Crippen LogP contribution in [0.15, 0.2) is 17.3 Å². The molecule has 0 spiro atoms. The van der Waals surface area contributed by atoms with E-state index in [-0.39, 0.29) is 28.9 Å². The number of nitroso groups, excluding NO2 is 1. The Bertz CT molecular complexity index is 990. The van der Waals surface area contributed by atoms with Crippen molar-refractivity contribution in [3.8, 4) is 5.75 Å². The number of carbonyl (C=O) groups is 1. The van der Waals surface area contributed by atoms with Crippen LogP contribution in [-0.4, -0.2) is 19.7 Å². The molecule has 0 radical (unpaired) electrons. The highest BCUT2D eigenvalue weighted by Crippen LogP contribution is 2.60. The van der Waals surface area contributed by atoms with Crippen molar-refractivity contribution in [3.05, 3.63) is 28.2 Å². The van der Waals surface area contributed by atoms with Crippen molar-refractivity contribution >= 4 is 21.6 Å². The minimum atomic E-state index is -5.90. The fourth-order valence-electron chi connectivity index (χ4n) is 5.73. The molecular weight excluding hydrogens is 411 g/mol. The lowest BCUT2D eigenvalue weighted by Crippen LogP contribution is -2.42. The van der Waals surface area contributed by atoms with Crippen molar-refractivity contribution in [2.75, 3.05) is 0 Å². The Kier molecular flexibility index (Phi) is 4.56. The smallest absolute Gasteiger partial charge is 0.374 e. The van der Waals surface area contributed by atoms with Crippen LogP contribution in [0.5, 0.6) is 5.75 Å². The van der Waals surface area contributed by atoms with Gasteiger partial charge in [-0.05, 0) is 72.2 Å². The van der Waals surface area contributed by atoms with Gasteiger partial charge in [-0.1, -0.05) is 13.0 Å². The van der Waals surface area contributed by atoms with E-state index in [1.165, 1.54) is 0 Å². The van der Waals surface area contributed by atoms with Gasteiger partial charge in [0.1, 0.15) is 5.78 Å². The highest BCUT2D eigenvalue weighted by Gasteiger charge is 2.55. The molecule has 29 heavy (non-hydrogen) atoms. The van der Waals surface area contributed by atoms with E-state index >= 15 is 0 Å². The van der Waals surface area contributed by atoms with Crippen LogP contribution in [0, 0.1) is 22.2 Å². The van der Waals surface area contributed by atoms with E-state index in [0.29, 0.717) is 30.6 Å². The average molecular weight is 431 g/mol. The number of halogens is 3. The number of nitrogens with zero attached hydrogens (tertiary/aromatic N) is 1. The summed E-state index contributed by atoms with van der Waals surface area (Å²) >= 11 is 0. The van der Waals surface area contributed by atoms with Crippen LogP contribution in [-0.2, 0) is 21.3 Å². The van der Waals surface area contributed by atoms with Gasteiger partial charge in [0.05, 0.1) is 0 Å². The van der Waals surface area contributed by atoms with Gasteiger partial charge in [-0.25, -0.2) is 0 Å². The molecular formula is C19H20F3NO5S. The monoisotopic (exact) mass is 431 g/mol. The van der Waals surface area contributed by atoms with Crippen molar-refractivity contribution in [2.24, 2.45) is 22.4 Å². The van der Waals surface area contributed by atoms with Gasteiger partial charge in [0.15, 0.2) is 11.4 Å². The summed E-state index contributed by atoms with van der Waals surface area (Å²) in [4.78, 5) is 23.8. The third-order valence-corrected chi connectivity index (χ3v) is 8.10. The number of Topliss-reactive ketones (excluding diaryl/α,β-unsaturated/α-hetero) is 1. The number of hydrogen-bond donors (Lipinski definition) is 0. The summed E-state index contributed by atoms with van der Waals surface area (Å²) < 4.78 is 64.9. The Morgan fingerprint density at radius 2 is 1.90 bits per heavy atom. The topological polar surface area (TPSA) is 89.9 Å². The Morgan fingerprint density at radius 3 is 2.55 bits per heavy atom. The Morgan fingerprint density at radius 1 is 1.17 bits per heavy atom. The first kappa shape index (κ1) is 20.3. The zero-order chi connectivity index (χ0) is 21.2. The van der Waals surface area contributed by atoms with Gasteiger partial charge in [-0.3, -0.25) is 4.79 Å². The SMILES string of the molecule is C[C@]12CCC3c4ccc(OS(=O)(=O)C(F)(F)F)c(N=O)c4CCC3C1CCC2=O. The second-order valence-electron chi connectivity index (χ2n) is 8.39. The maximum atomic E-state index is 12.7. The van der Waals surface area contributed by atoms with Crippen molar-refractivity contribution in [3.63, 3.8) is 0 Å². The number of alkyl halides is 3. The summed E-state index contributed by atoms with van der Waals surface area (Å²) in [5.74, 6) is 0.153. The van der Waals surface area contributed by atoms with Crippen LogP contribution in [0.25, 0.3) is 0 Å². The second kappa shape index (κ2) is 6.52. The van der Waals surface area contributed by atoms with Crippen LogP contribution < -0.4 is 4.18 Å². The minimum Gasteiger partial charge on any atom is -0.374 e. The molecule has 0 amide bonds. The molecule has 158 valence electrons. The molecule has 6 nitrogen and oxygen atoms in total. The number of hydrogen-bond acceptors (Lipinski definition) is 6. The molecule has 3 unspecified atom stereocenters. The molecule has 0 N–H and O–H groups in total. The van der Waals surface area contributed by atoms with E-state index in [9.17, 15) is 31.3 Å². The molecule has 2 fully saturated rings. The van der Waals surface area contributed by atoms with Gasteiger partial charge >= 0.3 is 15.6 Å². The quantitative estimate of drug-likeness (QED) is 0.392. The average Bonchev–Trinajstić information content (AvgIpc) is 2.95. The molecule has 0 bridgehead atoms. The number of benzene rings is 1. The predicted molar refractivity (Wildman–Crippen MR) is 97.1 cm³/mol. The van der Waals surface area contributed by atoms with Crippen molar-refractivity contribution in [1.29, 1.82) is 0 Å². The number of rotatable bonds is 3. The second-order valence-corrected chi connectivity index (χ2v) is 9.93. The summed E-state index contributed by atoms with van der Waals surface area (Å²) in [6, 6.07) is 2.62. The maximum absolute atomic E-state index is 12.7. The largest absolute Gasteiger partial charge is 0.534 e. The third kappa shape index (κ3) is 2.98. The lowest BCUT2D eigenvalue weighted by Gasteiger charge is -2.48. The van der Waals surface area contributed by atoms with Crippen molar-refractivity contribution in [2.45, 2.75) is 56.9 Å². The van der Waals surface area contributed by atoms with Crippen LogP contribution in [0.2, 0.25) is 0 Å². The van der Waals surface area contributed by atoms with Crippen LogP contribution in [0.4, 0.5) is 18.9 Å². The lowest BCUT2D eigenvalue weighted by molar-refractivity contribution is -0.129. The summed E-state index contributed by atoms with van der Waals surface area (Å²) in [7, 11) is -5.90. The molecule has 0 heterocycles. The van der Waals surface area contributed by atoms with Gasteiger partial charge in [0.2, 0.25) is 0 Å². The summed E-state index contributed by atoms with van der Waals surface area (Å²) in [5.41, 5.74) is -5.06. The first-order valence-electron chi connectivity index (χ1n) is 9.53. The molecule has 2 saturated carbocycles. The number of fused-ring (bicyclic) bond motifs is 5. The maximum Gasteiger partial charge on any atom is 0.534 e. The van der Waals surface area contributed by atoms with E-state index in [2.05, 4.69) is 9.36 Å². The van der Waals surface area contributed by atoms with Crippen LogP contribution >= 0.6 is 0 Å². The van der Waals surface area contributed by atoms with E-state index in [0.717, 1.165) is 30.9 Å². The minimum absolute atomic E-state index is 0.0662. The molecule has 0 aromatic heterocycles. The highest BCUT2D eigenvalue weighted by atomic mass is 32.2. The zero-order valence-electron chi connectivity index (χ0n) is 15.7. The fraction of sp³-hybridized carbons (Fsp3) is 0.632. The first-order chi connectivity index (χ1) is 13.5. The number of ketones is 1. The Hall–Kier alpha value is -1.97. The van der Waals surface area contributed by atoms with Gasteiger partial charge in [0, 0.05) is 11.8 Å². The van der Waals surface area contributed by atoms with E-state index < -0.39 is 21.4 Å². The van der Waals surface area contributed by atoms with Crippen LogP contribution in [0.1, 0.15) is 56.1 Å². The van der Waals surface area contributed by atoms with Gasteiger partial charge in [-0.15, -0.1) is 4.91 Å². The summed E-state index contributed by atoms with van der Waals surface area (Å²) in [6.45, 7) is 2.02. The zero-order valence-corrected chi connectivity index (χ0v) is 16.5. The van der Waals surface area contributed by atoms with E-state index in [1.807, 2.05) is 6.92 Å². The predicted octanol–water partition coefficient (Wildman–Crippen LogP) is 4.74. The fourth-order valence-corrected chi connectivity index (χ4v) is 6.20. The summed E-state index contributed by atoms with van der Waals surface area (Å²) in [5, 5.41) is 2.82. The molecule has 1 aromatic rings. The first-order valence-corrected chi connectivity index (χ1v) is 10.9. The third-order valence-electron chi connectivity index (χ3n) is 7.13. The van der Waals surface area contributed by atoms with Gasteiger partial charge < -0.3 is 4.18 Å². The normalized spacial score (nSPS) is 31.6. The molecule has 4 rings (SSSR count). The standard InChI is InChI=1S/C19H20F3NO5S/c1-18-9-8-11-10-4-6-15(28-29(26,27)19(20,21)22)17(23-25)13(10)3-2-12(11)14(18)5-7-16(18)24/h4,6,11-12,14H,2-3,5,7-9H2,1H3/t11?,12?,14?,18-/m0/s1. The summed E-state index contributed by atoms with van der Waals surface area (Å²) in [6.07, 6.45) is 3.90. The molecule has 4 atom stereocenters. The molecule has 0 saturated heterocycles. The molecule has 3 aliphatic rings. The highest BCUT2D eigenvalue weighted by molar-refractivity contribution is 7.88. The Labute approximate surface area is 165 Å². The van der Waals surface area contributed by atoms with E-state index in [1.54, 1.807) is 6.07 Å². The molecule has 3 aliphatic carbocycles. The Balaban J connectivity index is 1.71. The molecule has 10 heteroatoms. The number of carbonyl (C=O) groups excluding carboxylic acids is 1. The van der Waals surface area contributed by atoms with Crippen LogP contribution in [0.3, 0.4) is 0 Å². The lowest BCUT2D eigenvalue weighted by atomic mass is 9.55. The molecule has 0 aliphatic heterocycles. The molecule has 1 aromatic carbocycles.